The van der Waals surface area contributed by atoms with Crippen molar-refractivity contribution in [1.29, 1.82) is 0 Å². The summed E-state index contributed by atoms with van der Waals surface area (Å²) < 4.78 is 22.6. The molecule has 1 aliphatic heterocycles. The normalized spacial score (nSPS) is 21.8. The maximum absolute atomic E-state index is 12.0. The third-order valence-electron chi connectivity index (χ3n) is 2.78. The molecular weight excluding hydrogens is 274 g/mol. The van der Waals surface area contributed by atoms with Gasteiger partial charge in [0.2, 0.25) is 0 Å². The van der Waals surface area contributed by atoms with Gasteiger partial charge in [-0.2, -0.15) is 0 Å². The summed E-state index contributed by atoms with van der Waals surface area (Å²) in [5.41, 5.74) is 0.655. The summed E-state index contributed by atoms with van der Waals surface area (Å²) in [7, 11) is -1.23. The lowest BCUT2D eigenvalue weighted by Crippen LogP contribution is -2.35. The highest BCUT2D eigenvalue weighted by molar-refractivity contribution is 7.91. The fraction of sp³-hybridized carbons (Fsp3) is 0.600. The number of thiazole rings is 1. The summed E-state index contributed by atoms with van der Waals surface area (Å²) >= 11 is 1.27. The molecule has 0 bridgehead atoms. The average Bonchev–Trinajstić information content (AvgIpc) is 2.81. The Hall–Kier alpha value is -1.15. The predicted molar refractivity (Wildman–Crippen MR) is 70.9 cm³/mol. The number of carbonyl (C=O) groups excluding carboxylic acids is 1. The van der Waals surface area contributed by atoms with E-state index >= 15 is 0 Å². The minimum Gasteiger partial charge on any atom is -0.365 e. The molecule has 1 amide bonds. The second kappa shape index (κ2) is 4.85. The monoisotopic (exact) mass is 289 g/mol. The molecule has 2 heterocycles. The third-order valence-corrected chi connectivity index (χ3v) is 5.73. The number of aryl methyl sites for hydroxylation is 1. The van der Waals surface area contributed by atoms with Crippen LogP contribution in [0.3, 0.4) is 0 Å². The average molecular weight is 289 g/mol. The van der Waals surface area contributed by atoms with Crippen LogP contribution < -0.4 is 10.6 Å². The van der Waals surface area contributed by atoms with E-state index in [0.29, 0.717) is 22.1 Å². The van der Waals surface area contributed by atoms with Crippen LogP contribution in [0.5, 0.6) is 0 Å². The number of carbonyl (C=O) groups is 1. The Labute approximate surface area is 110 Å². The quantitative estimate of drug-likeness (QED) is 0.841. The lowest BCUT2D eigenvalue weighted by Gasteiger charge is -2.09. The summed E-state index contributed by atoms with van der Waals surface area (Å²) in [5, 5.41) is 6.31. The molecule has 0 aliphatic carbocycles. The van der Waals surface area contributed by atoms with Crippen molar-refractivity contribution in [3.05, 3.63) is 10.6 Å². The van der Waals surface area contributed by atoms with Crippen LogP contribution in [0.25, 0.3) is 0 Å². The number of hydrogen-bond acceptors (Lipinski definition) is 6. The molecule has 1 saturated heterocycles. The lowest BCUT2D eigenvalue weighted by atomic mass is 10.2. The molecule has 0 spiro atoms. The number of sulfone groups is 1. The summed E-state index contributed by atoms with van der Waals surface area (Å²) in [6.45, 7) is 1.76. The third kappa shape index (κ3) is 2.81. The maximum Gasteiger partial charge on any atom is 0.263 e. The van der Waals surface area contributed by atoms with E-state index in [-0.39, 0.29) is 23.5 Å². The van der Waals surface area contributed by atoms with Crippen molar-refractivity contribution in [2.24, 2.45) is 0 Å². The van der Waals surface area contributed by atoms with E-state index in [2.05, 4.69) is 15.6 Å². The van der Waals surface area contributed by atoms with Crippen LogP contribution in [0.1, 0.15) is 21.8 Å². The van der Waals surface area contributed by atoms with Gasteiger partial charge in [0, 0.05) is 13.1 Å². The minimum atomic E-state index is -2.97. The molecule has 18 heavy (non-hydrogen) atoms. The van der Waals surface area contributed by atoms with Gasteiger partial charge in [-0.3, -0.25) is 4.79 Å². The Morgan fingerprint density at radius 2 is 2.22 bits per heavy atom. The Bertz CT molecular complexity index is 565. The van der Waals surface area contributed by atoms with Gasteiger partial charge in [-0.25, -0.2) is 13.4 Å². The Morgan fingerprint density at radius 3 is 2.72 bits per heavy atom. The highest BCUT2D eigenvalue weighted by atomic mass is 32.2. The number of rotatable bonds is 3. The molecule has 100 valence electrons. The molecule has 6 nitrogen and oxygen atoms in total. The van der Waals surface area contributed by atoms with Crippen molar-refractivity contribution < 1.29 is 13.2 Å². The van der Waals surface area contributed by atoms with Crippen molar-refractivity contribution in [2.75, 3.05) is 23.9 Å². The van der Waals surface area contributed by atoms with Crippen LogP contribution in [0.2, 0.25) is 0 Å². The number of amides is 1. The molecular formula is C10H15N3O3S2. The van der Waals surface area contributed by atoms with E-state index < -0.39 is 9.84 Å². The van der Waals surface area contributed by atoms with E-state index in [1.54, 1.807) is 14.0 Å². The van der Waals surface area contributed by atoms with Gasteiger partial charge < -0.3 is 10.6 Å². The van der Waals surface area contributed by atoms with Crippen molar-refractivity contribution in [2.45, 2.75) is 19.4 Å². The van der Waals surface area contributed by atoms with Gasteiger partial charge in [0.1, 0.15) is 4.88 Å². The zero-order valence-electron chi connectivity index (χ0n) is 10.2. The van der Waals surface area contributed by atoms with Gasteiger partial charge in [0.25, 0.3) is 5.91 Å². The minimum absolute atomic E-state index is 0.0372. The first-order chi connectivity index (χ1) is 8.41. The molecule has 8 heteroatoms. The second-order valence-corrected chi connectivity index (χ2v) is 7.48. The molecule has 1 aromatic heterocycles. The first kappa shape index (κ1) is 13.3. The molecule has 0 aromatic carbocycles. The molecule has 2 N–H and O–H groups in total. The summed E-state index contributed by atoms with van der Waals surface area (Å²) in [5.74, 6) is -0.0507. The van der Waals surface area contributed by atoms with Crippen LogP contribution >= 0.6 is 11.3 Å². The fourth-order valence-electron chi connectivity index (χ4n) is 1.87. The highest BCUT2D eigenvalue weighted by Crippen LogP contribution is 2.22. The molecule has 2 rings (SSSR count). The van der Waals surface area contributed by atoms with E-state index in [9.17, 15) is 13.2 Å². The first-order valence-corrected chi connectivity index (χ1v) is 8.21. The Balaban J connectivity index is 2.06. The first-order valence-electron chi connectivity index (χ1n) is 5.58. The second-order valence-electron chi connectivity index (χ2n) is 4.26. The lowest BCUT2D eigenvalue weighted by molar-refractivity contribution is 0.0944. The smallest absolute Gasteiger partial charge is 0.263 e. The number of aromatic nitrogens is 1. The van der Waals surface area contributed by atoms with Crippen LogP contribution in [0, 0.1) is 6.92 Å². The number of nitrogens with zero attached hydrogens (tertiary/aromatic N) is 1. The van der Waals surface area contributed by atoms with Crippen LogP contribution in [0.15, 0.2) is 0 Å². The van der Waals surface area contributed by atoms with Crippen LogP contribution in [0.4, 0.5) is 5.13 Å². The number of hydrogen-bond donors (Lipinski definition) is 2. The summed E-state index contributed by atoms with van der Waals surface area (Å²) in [6.07, 6.45) is 0.491. The van der Waals surface area contributed by atoms with Gasteiger partial charge in [-0.1, -0.05) is 11.3 Å². The van der Waals surface area contributed by atoms with Crippen molar-refractivity contribution in [1.82, 2.24) is 10.3 Å². The van der Waals surface area contributed by atoms with Crippen LogP contribution in [-0.2, 0) is 9.84 Å². The van der Waals surface area contributed by atoms with E-state index in [4.69, 9.17) is 0 Å². The van der Waals surface area contributed by atoms with Gasteiger partial charge in [-0.05, 0) is 13.3 Å². The molecule has 1 aromatic rings. The SMILES string of the molecule is CNc1nc(C)c(C(=O)NC2CCS(=O)(=O)C2)s1. The zero-order valence-corrected chi connectivity index (χ0v) is 11.8. The van der Waals surface area contributed by atoms with E-state index in [1.165, 1.54) is 11.3 Å². The zero-order chi connectivity index (χ0) is 13.3. The van der Waals surface area contributed by atoms with Gasteiger partial charge in [0.15, 0.2) is 15.0 Å². The Morgan fingerprint density at radius 1 is 1.50 bits per heavy atom. The maximum atomic E-state index is 12.0. The summed E-state index contributed by atoms with van der Waals surface area (Å²) in [4.78, 5) is 16.7. The Kier molecular flexibility index (Phi) is 3.58. The molecule has 0 saturated carbocycles. The number of nitrogens with one attached hydrogen (secondary N) is 2. The molecule has 1 atom stereocenters. The van der Waals surface area contributed by atoms with E-state index in [1.807, 2.05) is 0 Å². The number of anilines is 1. The van der Waals surface area contributed by atoms with Crippen molar-refractivity contribution in [3.8, 4) is 0 Å². The van der Waals surface area contributed by atoms with Crippen molar-refractivity contribution >= 4 is 32.2 Å². The largest absolute Gasteiger partial charge is 0.365 e. The summed E-state index contributed by atoms with van der Waals surface area (Å²) in [6, 6.07) is -0.276. The van der Waals surface area contributed by atoms with Gasteiger partial charge in [0.05, 0.1) is 17.2 Å². The topological polar surface area (TPSA) is 88.2 Å². The molecule has 1 aliphatic rings. The van der Waals surface area contributed by atoms with E-state index in [0.717, 1.165) is 0 Å². The van der Waals surface area contributed by atoms with Crippen LogP contribution in [-0.4, -0.2) is 43.9 Å². The molecule has 0 radical (unpaired) electrons. The van der Waals surface area contributed by atoms with Gasteiger partial charge in [-0.15, -0.1) is 0 Å². The van der Waals surface area contributed by atoms with Crippen molar-refractivity contribution in [3.63, 3.8) is 0 Å². The standard InChI is InChI=1S/C10H15N3O3S2/c1-6-8(17-10(11-2)12-6)9(14)13-7-3-4-18(15,16)5-7/h7H,3-5H2,1-2H3,(H,11,12)(H,13,14). The van der Waals surface area contributed by atoms with Gasteiger partial charge >= 0.3 is 0 Å². The highest BCUT2D eigenvalue weighted by Gasteiger charge is 2.29. The molecule has 1 unspecified atom stereocenters. The molecule has 1 fully saturated rings. The fourth-order valence-corrected chi connectivity index (χ4v) is 4.37. The predicted octanol–water partition coefficient (Wildman–Crippen LogP) is 0.410.